The third-order valence-electron chi connectivity index (χ3n) is 6.96. The molecule has 0 radical (unpaired) electrons. The fraction of sp³-hybridized carbons (Fsp3) is 0.290. The number of amides is 1. The van der Waals surface area contributed by atoms with Crippen LogP contribution in [0.15, 0.2) is 96.7 Å². The minimum Gasteiger partial charge on any atom is -0.445 e. The molecule has 5 rings (SSSR count). The maximum atomic E-state index is 11.8. The quantitative estimate of drug-likeness (QED) is 0.181. The van der Waals surface area contributed by atoms with Crippen molar-refractivity contribution in [2.75, 3.05) is 12.4 Å². The molecule has 0 unspecified atom stereocenters. The van der Waals surface area contributed by atoms with E-state index in [9.17, 15) is 9.90 Å². The highest BCUT2D eigenvalue weighted by molar-refractivity contribution is 7.99. The van der Waals surface area contributed by atoms with Crippen LogP contribution in [0.5, 0.6) is 0 Å². The van der Waals surface area contributed by atoms with Crippen molar-refractivity contribution in [1.82, 2.24) is 25.5 Å². The maximum Gasteiger partial charge on any atom is 0.407 e. The summed E-state index contributed by atoms with van der Waals surface area (Å²) in [4.78, 5) is 11.8. The number of benzene rings is 3. The molecule has 1 amide bonds. The number of aliphatic hydroxyl groups is 1. The average Bonchev–Trinajstić information content (AvgIpc) is 3.52. The van der Waals surface area contributed by atoms with Crippen LogP contribution in [0.1, 0.15) is 41.6 Å². The number of nitrogens with one attached hydrogen (secondary N) is 1. The van der Waals surface area contributed by atoms with Gasteiger partial charge in [0.2, 0.25) is 5.16 Å². The van der Waals surface area contributed by atoms with E-state index in [1.165, 1.54) is 17.8 Å². The molecule has 0 aliphatic carbocycles. The normalized spacial score (nSPS) is 20.1. The topological polar surface area (TPSA) is 121 Å². The first-order valence-electron chi connectivity index (χ1n) is 13.6. The van der Waals surface area contributed by atoms with Gasteiger partial charge in [0.1, 0.15) is 6.61 Å². The number of nitrogens with zero attached hydrogens (tertiary/aromatic N) is 4. The molecule has 42 heavy (non-hydrogen) atoms. The Hall–Kier alpha value is -4.03. The van der Waals surface area contributed by atoms with Crippen molar-refractivity contribution in [2.45, 2.75) is 43.7 Å². The predicted octanol–water partition coefficient (Wildman–Crippen LogP) is 5.15. The Bertz CT molecular complexity index is 1450. The number of hydrogen-bond donors (Lipinski definition) is 2. The zero-order chi connectivity index (χ0) is 29.3. The monoisotopic (exact) mass is 587 g/mol. The summed E-state index contributed by atoms with van der Waals surface area (Å²) in [6, 6.07) is 25.3. The Balaban J connectivity index is 1.33. The van der Waals surface area contributed by atoms with E-state index in [4.69, 9.17) is 14.2 Å². The minimum atomic E-state index is -0.612. The van der Waals surface area contributed by atoms with Crippen molar-refractivity contribution in [3.63, 3.8) is 0 Å². The lowest BCUT2D eigenvalue weighted by molar-refractivity contribution is -0.268. The Labute approximate surface area is 248 Å². The summed E-state index contributed by atoms with van der Waals surface area (Å²) in [6.07, 6.45) is -0.0177. The van der Waals surface area contributed by atoms with Crippen molar-refractivity contribution in [1.29, 1.82) is 0 Å². The minimum absolute atomic E-state index is 0.0137. The summed E-state index contributed by atoms with van der Waals surface area (Å²) in [5.41, 5.74) is 4.51. The number of carbonyl (C=O) groups excluding carboxylic acids is 1. The number of aliphatic hydroxyl groups excluding tert-OH is 1. The molecule has 3 aromatic carbocycles. The summed E-state index contributed by atoms with van der Waals surface area (Å²) < 4.78 is 19.8. The summed E-state index contributed by atoms with van der Waals surface area (Å²) in [5, 5.41) is 25.2. The molecular weight excluding hydrogens is 554 g/mol. The second-order valence-electron chi connectivity index (χ2n) is 9.82. The highest BCUT2D eigenvalue weighted by Gasteiger charge is 2.38. The Kier molecular flexibility index (Phi) is 9.98. The smallest absolute Gasteiger partial charge is 0.407 e. The largest absolute Gasteiger partial charge is 0.445 e. The second-order valence-corrected chi connectivity index (χ2v) is 10.8. The molecule has 1 saturated heterocycles. The Morgan fingerprint density at radius 2 is 1.76 bits per heavy atom. The molecule has 0 saturated carbocycles. The lowest BCUT2D eigenvalue weighted by Crippen LogP contribution is -2.38. The lowest BCUT2D eigenvalue weighted by Gasteiger charge is -2.41. The van der Waals surface area contributed by atoms with E-state index < -0.39 is 12.4 Å². The first-order valence-corrected chi connectivity index (χ1v) is 14.6. The lowest BCUT2D eigenvalue weighted by atomic mass is 9.91. The number of thioether (sulfide) groups is 1. The predicted molar refractivity (Wildman–Crippen MR) is 158 cm³/mol. The zero-order valence-corrected chi connectivity index (χ0v) is 24.0. The van der Waals surface area contributed by atoms with E-state index in [1.54, 1.807) is 4.68 Å². The molecule has 2 N–H and O–H groups in total. The first kappa shape index (κ1) is 29.5. The molecule has 10 nitrogen and oxygen atoms in total. The number of para-hydroxylation sites is 1. The van der Waals surface area contributed by atoms with E-state index >= 15 is 0 Å². The molecule has 0 spiro atoms. The van der Waals surface area contributed by atoms with Crippen LogP contribution in [0, 0.1) is 5.92 Å². The van der Waals surface area contributed by atoms with Crippen molar-refractivity contribution in [3.05, 3.63) is 114 Å². The third-order valence-corrected chi connectivity index (χ3v) is 7.97. The van der Waals surface area contributed by atoms with Crippen molar-refractivity contribution in [3.8, 4) is 5.69 Å². The summed E-state index contributed by atoms with van der Waals surface area (Å²) in [7, 11) is 0. The number of rotatable bonds is 11. The number of ether oxygens (including phenoxy) is 3. The van der Waals surface area contributed by atoms with E-state index in [0.717, 1.165) is 27.9 Å². The van der Waals surface area contributed by atoms with E-state index in [1.807, 2.05) is 78.9 Å². The molecule has 218 valence electrons. The summed E-state index contributed by atoms with van der Waals surface area (Å²) in [5.74, 6) is 0.619. The molecule has 0 bridgehead atoms. The van der Waals surface area contributed by atoms with Gasteiger partial charge in [0.15, 0.2) is 6.29 Å². The van der Waals surface area contributed by atoms with Crippen LogP contribution in [-0.4, -0.2) is 49.9 Å². The number of hydrogen-bond acceptors (Lipinski definition) is 9. The van der Waals surface area contributed by atoms with Crippen LogP contribution in [0.3, 0.4) is 0 Å². The van der Waals surface area contributed by atoms with Crippen molar-refractivity contribution in [2.24, 2.45) is 5.92 Å². The third kappa shape index (κ3) is 7.24. The number of tetrazole rings is 1. The molecule has 2 heterocycles. The molecular formula is C31H33N5O5S. The van der Waals surface area contributed by atoms with Gasteiger partial charge >= 0.3 is 6.09 Å². The standard InChI is InChI=1S/C31H33N5O5S/c1-3-17-39-31(38)32-18-22-9-15-25(16-10-22)29-40-27(21(2)28(41-29)24-13-11-23(19-37)12-14-24)20-42-30-33-34-35-36(30)26-7-5-4-6-8-26/h3-16,21,27-29,37H,1,17-20H2,2H3,(H,32,38)/t21-,27+,28+,29+/m0/s1. The maximum absolute atomic E-state index is 11.8. The van der Waals surface area contributed by atoms with Crippen LogP contribution in [0.2, 0.25) is 0 Å². The van der Waals surface area contributed by atoms with Crippen LogP contribution < -0.4 is 5.32 Å². The van der Waals surface area contributed by atoms with Gasteiger partial charge in [-0.05, 0) is 39.2 Å². The van der Waals surface area contributed by atoms with Gasteiger partial charge in [-0.2, -0.15) is 4.68 Å². The average molecular weight is 588 g/mol. The van der Waals surface area contributed by atoms with Gasteiger partial charge in [-0.15, -0.1) is 5.10 Å². The van der Waals surface area contributed by atoms with Gasteiger partial charge in [-0.1, -0.05) is 98.1 Å². The molecule has 11 heteroatoms. The van der Waals surface area contributed by atoms with E-state index in [2.05, 4.69) is 34.3 Å². The number of carbonyl (C=O) groups is 1. The fourth-order valence-corrected chi connectivity index (χ4v) is 5.67. The highest BCUT2D eigenvalue weighted by Crippen LogP contribution is 2.43. The van der Waals surface area contributed by atoms with Gasteiger partial charge in [-0.25, -0.2) is 4.79 Å². The van der Waals surface area contributed by atoms with E-state index in [-0.39, 0.29) is 31.3 Å². The zero-order valence-electron chi connectivity index (χ0n) is 23.2. The second kappa shape index (κ2) is 14.2. The highest BCUT2D eigenvalue weighted by atomic mass is 32.2. The summed E-state index contributed by atoms with van der Waals surface area (Å²) in [6.45, 7) is 6.12. The van der Waals surface area contributed by atoms with Crippen LogP contribution in [0.4, 0.5) is 4.79 Å². The van der Waals surface area contributed by atoms with Gasteiger partial charge < -0.3 is 24.6 Å². The molecule has 1 aliphatic heterocycles. The molecule has 1 aromatic heterocycles. The molecule has 1 aliphatic rings. The first-order chi connectivity index (χ1) is 20.6. The molecule has 4 atom stereocenters. The number of alkyl carbamates (subject to hydrolysis) is 1. The van der Waals surface area contributed by atoms with E-state index in [0.29, 0.717) is 17.5 Å². The fourth-order valence-electron chi connectivity index (χ4n) is 4.62. The van der Waals surface area contributed by atoms with Crippen LogP contribution in [0.25, 0.3) is 5.69 Å². The van der Waals surface area contributed by atoms with Crippen molar-refractivity contribution < 1.29 is 24.1 Å². The Morgan fingerprint density at radius 1 is 1.05 bits per heavy atom. The Morgan fingerprint density at radius 3 is 2.48 bits per heavy atom. The van der Waals surface area contributed by atoms with Gasteiger partial charge in [-0.3, -0.25) is 0 Å². The van der Waals surface area contributed by atoms with Gasteiger partial charge in [0, 0.05) is 23.8 Å². The SMILES string of the molecule is C=CCOC(=O)NCc1ccc([C@@H]2O[C@H](CSc3nnnn3-c3ccccc3)[C@H](C)[C@H](c3ccc(CO)cc3)O2)cc1. The van der Waals surface area contributed by atoms with Crippen molar-refractivity contribution >= 4 is 17.9 Å². The van der Waals surface area contributed by atoms with Gasteiger partial charge in [0.25, 0.3) is 0 Å². The van der Waals surface area contributed by atoms with Crippen LogP contribution >= 0.6 is 11.8 Å². The number of aromatic nitrogens is 4. The molecule has 4 aromatic rings. The summed E-state index contributed by atoms with van der Waals surface area (Å²) >= 11 is 1.53. The van der Waals surface area contributed by atoms with Gasteiger partial charge in [0.05, 0.1) is 24.5 Å². The molecule has 1 fully saturated rings. The van der Waals surface area contributed by atoms with Crippen LogP contribution in [-0.2, 0) is 27.4 Å².